The van der Waals surface area contributed by atoms with Crippen LogP contribution in [-0.4, -0.2) is 81.8 Å². The van der Waals surface area contributed by atoms with Crippen molar-refractivity contribution in [3.8, 4) is 6.07 Å². The molecule has 2 aromatic carbocycles. The van der Waals surface area contributed by atoms with E-state index in [0.29, 0.717) is 18.7 Å². The Bertz CT molecular complexity index is 1180. The summed E-state index contributed by atoms with van der Waals surface area (Å²) in [5.74, 6) is 0.0599. The Morgan fingerprint density at radius 1 is 1.00 bits per heavy atom. The summed E-state index contributed by atoms with van der Waals surface area (Å²) in [6.45, 7) is 5.27. The van der Waals surface area contributed by atoms with Gasteiger partial charge in [-0.25, -0.2) is 12.7 Å². The van der Waals surface area contributed by atoms with Crippen molar-refractivity contribution in [1.29, 1.82) is 5.26 Å². The molecule has 2 aromatic rings. The largest absolute Gasteiger partial charge is 0.311 e. The lowest BCUT2D eigenvalue weighted by Gasteiger charge is -2.36. The van der Waals surface area contributed by atoms with E-state index in [4.69, 9.17) is 5.26 Å². The number of piperazine rings is 1. The normalized spacial score (nSPS) is 17.4. The van der Waals surface area contributed by atoms with Gasteiger partial charge in [0.1, 0.15) is 0 Å². The van der Waals surface area contributed by atoms with Crippen molar-refractivity contribution in [3.05, 3.63) is 59.2 Å². The van der Waals surface area contributed by atoms with E-state index in [2.05, 4.69) is 15.9 Å². The zero-order valence-electron chi connectivity index (χ0n) is 19.8. The Balaban J connectivity index is 1.35. The predicted molar refractivity (Wildman–Crippen MR) is 131 cm³/mol. The number of fused-ring (bicyclic) bond motifs is 1. The first kappa shape index (κ1) is 24.4. The molecule has 0 atom stereocenters. The van der Waals surface area contributed by atoms with Crippen LogP contribution in [0.1, 0.15) is 23.1 Å². The molecule has 1 saturated heterocycles. The first-order valence-corrected chi connectivity index (χ1v) is 13.0. The summed E-state index contributed by atoms with van der Waals surface area (Å²) in [6, 6.07) is 14.9. The van der Waals surface area contributed by atoms with Crippen LogP contribution in [0.5, 0.6) is 0 Å². The van der Waals surface area contributed by atoms with E-state index < -0.39 is 10.0 Å². The van der Waals surface area contributed by atoms with Crippen molar-refractivity contribution < 1.29 is 13.2 Å². The molecule has 0 N–H and O–H groups in total. The van der Waals surface area contributed by atoms with Crippen LogP contribution >= 0.6 is 0 Å². The minimum absolute atomic E-state index is 0.0599. The molecule has 0 aromatic heterocycles. The van der Waals surface area contributed by atoms with Crippen LogP contribution in [-0.2, 0) is 27.8 Å². The molecule has 2 aliphatic heterocycles. The van der Waals surface area contributed by atoms with Gasteiger partial charge in [-0.05, 0) is 54.3 Å². The number of carbonyl (C=O) groups excluding carboxylic acids is 1. The highest BCUT2D eigenvalue weighted by molar-refractivity contribution is 7.89. The Morgan fingerprint density at radius 2 is 1.68 bits per heavy atom. The Labute approximate surface area is 202 Å². The van der Waals surface area contributed by atoms with Crippen LogP contribution in [0.2, 0.25) is 0 Å². The van der Waals surface area contributed by atoms with Crippen LogP contribution in [0.4, 0.5) is 5.69 Å². The highest BCUT2D eigenvalue weighted by atomic mass is 32.2. The molecule has 2 heterocycles. The average molecular weight is 482 g/mol. The van der Waals surface area contributed by atoms with Gasteiger partial charge in [-0.15, -0.1) is 0 Å². The number of hydrogen-bond acceptors (Lipinski definition) is 6. The first-order valence-electron chi connectivity index (χ1n) is 11.6. The summed E-state index contributed by atoms with van der Waals surface area (Å²) >= 11 is 0. The molecule has 0 saturated carbocycles. The summed E-state index contributed by atoms with van der Waals surface area (Å²) in [4.78, 5) is 19.8. The Morgan fingerprint density at radius 3 is 2.32 bits per heavy atom. The molecular weight excluding hydrogens is 450 g/mol. The molecule has 1 fully saturated rings. The van der Waals surface area contributed by atoms with Gasteiger partial charge in [0.05, 0.1) is 23.1 Å². The fourth-order valence-corrected chi connectivity index (χ4v) is 5.48. The quantitative estimate of drug-likeness (QED) is 0.626. The van der Waals surface area contributed by atoms with E-state index in [1.54, 1.807) is 18.2 Å². The molecule has 1 amide bonds. The minimum Gasteiger partial charge on any atom is -0.311 e. The van der Waals surface area contributed by atoms with Gasteiger partial charge in [0.25, 0.3) is 0 Å². The van der Waals surface area contributed by atoms with Crippen LogP contribution < -0.4 is 4.90 Å². The highest BCUT2D eigenvalue weighted by Crippen LogP contribution is 2.30. The third-order valence-electron chi connectivity index (χ3n) is 6.56. The van der Waals surface area contributed by atoms with Crippen LogP contribution in [0, 0.1) is 11.3 Å². The first-order chi connectivity index (χ1) is 16.3. The summed E-state index contributed by atoms with van der Waals surface area (Å²) in [7, 11) is -0.454. The standard InChI is InChI=1S/C25H31N5O3S/c1-27(2)34(32,33)23-9-10-24-22(16-23)4-3-11-30(24)25(31)19-29-14-12-28(13-15-29)18-21-7-5-20(17-26)6-8-21/h5-10,16H,3-4,11-15,18-19H2,1-2H3. The van der Waals surface area contributed by atoms with Gasteiger partial charge in [0, 0.05) is 59.1 Å². The molecule has 180 valence electrons. The van der Waals surface area contributed by atoms with E-state index in [1.165, 1.54) is 24.0 Å². The lowest BCUT2D eigenvalue weighted by atomic mass is 10.0. The third-order valence-corrected chi connectivity index (χ3v) is 8.37. The average Bonchev–Trinajstić information content (AvgIpc) is 2.84. The van der Waals surface area contributed by atoms with Crippen LogP contribution in [0.15, 0.2) is 47.4 Å². The smallest absolute Gasteiger partial charge is 0.242 e. The van der Waals surface area contributed by atoms with E-state index in [0.717, 1.165) is 56.8 Å². The molecule has 8 nitrogen and oxygen atoms in total. The summed E-state index contributed by atoms with van der Waals surface area (Å²) < 4.78 is 26.2. The van der Waals surface area contributed by atoms with Gasteiger partial charge in [0.2, 0.25) is 15.9 Å². The van der Waals surface area contributed by atoms with Gasteiger partial charge in [-0.1, -0.05) is 12.1 Å². The van der Waals surface area contributed by atoms with E-state index in [9.17, 15) is 13.2 Å². The van der Waals surface area contributed by atoms with Gasteiger partial charge in [0.15, 0.2) is 0 Å². The number of nitrogens with zero attached hydrogens (tertiary/aromatic N) is 5. The van der Waals surface area contributed by atoms with Gasteiger partial charge in [-0.3, -0.25) is 14.6 Å². The maximum atomic E-state index is 13.2. The number of benzene rings is 2. The zero-order valence-corrected chi connectivity index (χ0v) is 20.6. The molecule has 0 radical (unpaired) electrons. The minimum atomic E-state index is -3.50. The summed E-state index contributed by atoms with van der Waals surface area (Å²) in [5.41, 5.74) is 3.59. The lowest BCUT2D eigenvalue weighted by Crippen LogP contribution is -2.50. The molecule has 34 heavy (non-hydrogen) atoms. The molecule has 0 bridgehead atoms. The number of carbonyl (C=O) groups is 1. The second kappa shape index (κ2) is 10.2. The number of hydrogen-bond donors (Lipinski definition) is 0. The lowest BCUT2D eigenvalue weighted by molar-refractivity contribution is -0.120. The molecule has 9 heteroatoms. The Kier molecular flexibility index (Phi) is 7.33. The van der Waals surface area contributed by atoms with Crippen molar-refractivity contribution in [3.63, 3.8) is 0 Å². The number of aryl methyl sites for hydroxylation is 1. The van der Waals surface area contributed by atoms with Crippen molar-refractivity contribution in [2.75, 3.05) is 58.3 Å². The number of sulfonamides is 1. The topological polar surface area (TPSA) is 88.0 Å². The van der Waals surface area contributed by atoms with Crippen LogP contribution in [0.3, 0.4) is 0 Å². The molecule has 4 rings (SSSR count). The zero-order chi connectivity index (χ0) is 24.3. The molecule has 2 aliphatic rings. The number of nitriles is 1. The number of rotatable bonds is 6. The van der Waals surface area contributed by atoms with Crippen molar-refractivity contribution in [1.82, 2.24) is 14.1 Å². The van der Waals surface area contributed by atoms with Crippen molar-refractivity contribution in [2.45, 2.75) is 24.3 Å². The van der Waals surface area contributed by atoms with E-state index in [1.807, 2.05) is 29.2 Å². The third kappa shape index (κ3) is 5.31. The molecule has 0 spiro atoms. The maximum Gasteiger partial charge on any atom is 0.242 e. The maximum absolute atomic E-state index is 13.2. The highest BCUT2D eigenvalue weighted by Gasteiger charge is 2.27. The van der Waals surface area contributed by atoms with Crippen molar-refractivity contribution >= 4 is 21.6 Å². The number of anilines is 1. The SMILES string of the molecule is CN(C)S(=O)(=O)c1ccc2c(c1)CCCN2C(=O)CN1CCN(Cc2ccc(C#N)cc2)CC1. The van der Waals surface area contributed by atoms with Crippen LogP contribution in [0.25, 0.3) is 0 Å². The van der Waals surface area contributed by atoms with Gasteiger partial charge in [-0.2, -0.15) is 5.26 Å². The fourth-order valence-electron chi connectivity index (χ4n) is 4.53. The predicted octanol–water partition coefficient (Wildman–Crippen LogP) is 1.91. The van der Waals surface area contributed by atoms with E-state index >= 15 is 0 Å². The fraction of sp³-hybridized carbons (Fsp3) is 0.440. The van der Waals surface area contributed by atoms with Crippen molar-refractivity contribution in [2.24, 2.45) is 0 Å². The second-order valence-electron chi connectivity index (χ2n) is 9.09. The summed E-state index contributed by atoms with van der Waals surface area (Å²) in [6.07, 6.45) is 1.59. The summed E-state index contributed by atoms with van der Waals surface area (Å²) in [5, 5.41) is 8.94. The molecular formula is C25H31N5O3S. The molecule has 0 unspecified atom stereocenters. The number of amides is 1. The Hall–Kier alpha value is -2.77. The molecule has 0 aliphatic carbocycles. The van der Waals surface area contributed by atoms with Gasteiger partial charge >= 0.3 is 0 Å². The van der Waals surface area contributed by atoms with Gasteiger partial charge < -0.3 is 4.90 Å². The monoisotopic (exact) mass is 481 g/mol. The second-order valence-corrected chi connectivity index (χ2v) is 11.2. The van der Waals surface area contributed by atoms with E-state index in [-0.39, 0.29) is 10.8 Å².